The predicted molar refractivity (Wildman–Crippen MR) is 78.0 cm³/mol. The summed E-state index contributed by atoms with van der Waals surface area (Å²) >= 11 is 0. The van der Waals surface area contributed by atoms with Crippen molar-refractivity contribution in [2.45, 2.75) is 38.1 Å². The molecule has 0 saturated heterocycles. The fourth-order valence-corrected chi connectivity index (χ4v) is 3.90. The molecular weight excluding hydrogens is 258 g/mol. The first-order valence-corrected chi connectivity index (χ1v) is 8.75. The van der Waals surface area contributed by atoms with E-state index in [-0.39, 0.29) is 0 Å². The van der Waals surface area contributed by atoms with Crippen molar-refractivity contribution in [1.29, 1.82) is 0 Å². The Balaban J connectivity index is 2.11. The Hall–Kier alpha value is -0.753. The third-order valence-electron chi connectivity index (χ3n) is 3.33. The number of aryl methyl sites for hydroxylation is 1. The molecule has 1 heterocycles. The lowest BCUT2D eigenvalue weighted by Gasteiger charge is -2.24. The van der Waals surface area contributed by atoms with Gasteiger partial charge in [-0.2, -0.15) is 0 Å². The van der Waals surface area contributed by atoms with Gasteiger partial charge in [0, 0.05) is 39.3 Å². The Morgan fingerprint density at radius 3 is 2.21 bits per heavy atom. The second kappa shape index (κ2) is 9.20. The summed E-state index contributed by atoms with van der Waals surface area (Å²) in [5, 5.41) is 0. The molecule has 0 aliphatic carbocycles. The van der Waals surface area contributed by atoms with Crippen LogP contribution in [0.3, 0.4) is 0 Å². The second-order valence-electron chi connectivity index (χ2n) is 4.53. The van der Waals surface area contributed by atoms with Crippen molar-refractivity contribution in [2.24, 2.45) is 0 Å². The van der Waals surface area contributed by atoms with Gasteiger partial charge in [0.05, 0.1) is 0 Å². The van der Waals surface area contributed by atoms with E-state index in [4.69, 9.17) is 13.3 Å². The number of pyridine rings is 1. The zero-order valence-electron chi connectivity index (χ0n) is 12.2. The van der Waals surface area contributed by atoms with Gasteiger partial charge in [-0.1, -0.05) is 18.9 Å². The van der Waals surface area contributed by atoms with E-state index in [1.807, 2.05) is 18.3 Å². The molecule has 5 heteroatoms. The van der Waals surface area contributed by atoms with E-state index >= 15 is 0 Å². The molecule has 0 amide bonds. The lowest BCUT2D eigenvalue weighted by Crippen LogP contribution is -2.42. The molecule has 19 heavy (non-hydrogen) atoms. The first-order valence-electron chi connectivity index (χ1n) is 6.81. The van der Waals surface area contributed by atoms with E-state index in [0.717, 1.165) is 18.9 Å². The molecule has 0 radical (unpaired) electrons. The quantitative estimate of drug-likeness (QED) is 0.489. The van der Waals surface area contributed by atoms with Crippen molar-refractivity contribution in [3.05, 3.63) is 30.1 Å². The number of rotatable bonds is 10. The molecule has 108 valence electrons. The minimum absolute atomic E-state index is 0.889. The first kappa shape index (κ1) is 16.3. The number of hydrogen-bond acceptors (Lipinski definition) is 4. The van der Waals surface area contributed by atoms with Crippen LogP contribution in [0.25, 0.3) is 0 Å². The molecule has 1 rings (SSSR count). The minimum Gasteiger partial charge on any atom is -0.377 e. The van der Waals surface area contributed by atoms with Gasteiger partial charge >= 0.3 is 8.80 Å². The standard InChI is InChI=1S/C14H25NO3Si/c1-16-19(17-2,18-3)13-9-5-4-6-10-14-11-7-8-12-15-14/h7-8,11-12H,4-6,9-10,13H2,1-3H3. The third kappa shape index (κ3) is 5.82. The summed E-state index contributed by atoms with van der Waals surface area (Å²) in [6.45, 7) is 0. The first-order chi connectivity index (χ1) is 9.26. The van der Waals surface area contributed by atoms with Crippen LogP contribution in [0.1, 0.15) is 31.4 Å². The van der Waals surface area contributed by atoms with Gasteiger partial charge < -0.3 is 13.3 Å². The Bertz CT molecular complexity index is 322. The van der Waals surface area contributed by atoms with Crippen LogP contribution in [0, 0.1) is 0 Å². The van der Waals surface area contributed by atoms with Crippen LogP contribution in [0.5, 0.6) is 0 Å². The van der Waals surface area contributed by atoms with Crippen molar-refractivity contribution in [3.8, 4) is 0 Å². The van der Waals surface area contributed by atoms with Crippen LogP contribution >= 0.6 is 0 Å². The summed E-state index contributed by atoms with van der Waals surface area (Å²) < 4.78 is 16.2. The molecule has 4 nitrogen and oxygen atoms in total. The van der Waals surface area contributed by atoms with E-state index < -0.39 is 8.80 Å². The summed E-state index contributed by atoms with van der Waals surface area (Å²) in [5.74, 6) is 0. The highest BCUT2D eigenvalue weighted by Crippen LogP contribution is 2.17. The monoisotopic (exact) mass is 283 g/mol. The van der Waals surface area contributed by atoms with E-state index in [0.29, 0.717) is 0 Å². The Morgan fingerprint density at radius 2 is 1.63 bits per heavy atom. The SMILES string of the molecule is CO[Si](CCCCCCc1ccccn1)(OC)OC. The summed E-state index contributed by atoms with van der Waals surface area (Å²) in [7, 11) is 2.65. The predicted octanol–water partition coefficient (Wildman–Crippen LogP) is 3.06. The van der Waals surface area contributed by atoms with E-state index in [1.54, 1.807) is 21.3 Å². The van der Waals surface area contributed by atoms with Crippen LogP contribution in [-0.2, 0) is 19.7 Å². The molecule has 1 aromatic rings. The van der Waals surface area contributed by atoms with Gasteiger partial charge in [0.25, 0.3) is 0 Å². The summed E-state index contributed by atoms with van der Waals surface area (Å²) in [6, 6.07) is 6.96. The normalized spacial score (nSPS) is 11.7. The lowest BCUT2D eigenvalue weighted by molar-refractivity contribution is 0.122. The van der Waals surface area contributed by atoms with Gasteiger partial charge in [-0.3, -0.25) is 4.98 Å². The molecule has 0 aliphatic heterocycles. The van der Waals surface area contributed by atoms with Crippen molar-refractivity contribution in [1.82, 2.24) is 4.98 Å². The molecule has 0 fully saturated rings. The minimum atomic E-state index is -2.35. The molecule has 0 aliphatic rings. The van der Waals surface area contributed by atoms with Gasteiger partial charge in [-0.25, -0.2) is 0 Å². The smallest absolute Gasteiger partial charge is 0.377 e. The Labute approximate surface area is 117 Å². The maximum Gasteiger partial charge on any atom is 0.500 e. The fourth-order valence-electron chi connectivity index (χ4n) is 2.10. The van der Waals surface area contributed by atoms with E-state index in [1.165, 1.54) is 25.0 Å². The fraction of sp³-hybridized carbons (Fsp3) is 0.643. The van der Waals surface area contributed by atoms with Crippen molar-refractivity contribution in [3.63, 3.8) is 0 Å². The Kier molecular flexibility index (Phi) is 7.89. The highest BCUT2D eigenvalue weighted by molar-refractivity contribution is 6.60. The number of aromatic nitrogens is 1. The summed E-state index contributed by atoms with van der Waals surface area (Å²) in [6.07, 6.45) is 7.56. The summed E-state index contributed by atoms with van der Waals surface area (Å²) in [5.41, 5.74) is 1.18. The van der Waals surface area contributed by atoms with Crippen LogP contribution in [0.2, 0.25) is 6.04 Å². The molecule has 0 aromatic carbocycles. The molecule has 0 saturated carbocycles. The summed E-state index contributed by atoms with van der Waals surface area (Å²) in [4.78, 5) is 4.32. The third-order valence-corrected chi connectivity index (χ3v) is 6.16. The van der Waals surface area contributed by atoms with Crippen molar-refractivity contribution < 1.29 is 13.3 Å². The molecule has 1 aromatic heterocycles. The molecule has 0 atom stereocenters. The van der Waals surface area contributed by atoms with Gasteiger partial charge in [0.1, 0.15) is 0 Å². The van der Waals surface area contributed by atoms with Gasteiger partial charge in [-0.15, -0.1) is 0 Å². The Morgan fingerprint density at radius 1 is 0.947 bits per heavy atom. The molecule has 0 bridgehead atoms. The number of hydrogen-bond donors (Lipinski definition) is 0. The van der Waals surface area contributed by atoms with Crippen LogP contribution in [-0.4, -0.2) is 35.1 Å². The molecule has 0 N–H and O–H groups in total. The number of unbranched alkanes of at least 4 members (excludes halogenated alkanes) is 3. The second-order valence-corrected chi connectivity index (χ2v) is 7.62. The highest BCUT2D eigenvalue weighted by Gasteiger charge is 2.36. The average Bonchev–Trinajstić information content (AvgIpc) is 2.48. The largest absolute Gasteiger partial charge is 0.500 e. The average molecular weight is 283 g/mol. The number of nitrogens with zero attached hydrogens (tertiary/aromatic N) is 1. The van der Waals surface area contributed by atoms with E-state index in [9.17, 15) is 0 Å². The molecule has 0 unspecified atom stereocenters. The molecular formula is C14H25NO3Si. The van der Waals surface area contributed by atoms with Crippen LogP contribution in [0.4, 0.5) is 0 Å². The van der Waals surface area contributed by atoms with Gasteiger partial charge in [0.15, 0.2) is 0 Å². The zero-order valence-corrected chi connectivity index (χ0v) is 13.2. The highest BCUT2D eigenvalue weighted by atomic mass is 28.4. The van der Waals surface area contributed by atoms with Crippen LogP contribution < -0.4 is 0 Å². The lowest BCUT2D eigenvalue weighted by atomic mass is 10.1. The molecule has 0 spiro atoms. The van der Waals surface area contributed by atoms with Crippen molar-refractivity contribution >= 4 is 8.80 Å². The maximum absolute atomic E-state index is 5.40. The topological polar surface area (TPSA) is 40.6 Å². The van der Waals surface area contributed by atoms with Gasteiger partial charge in [0.2, 0.25) is 0 Å². The van der Waals surface area contributed by atoms with Crippen LogP contribution in [0.15, 0.2) is 24.4 Å². The van der Waals surface area contributed by atoms with E-state index in [2.05, 4.69) is 11.1 Å². The van der Waals surface area contributed by atoms with Crippen molar-refractivity contribution in [2.75, 3.05) is 21.3 Å². The zero-order chi connectivity index (χ0) is 14.0. The van der Waals surface area contributed by atoms with Gasteiger partial charge in [-0.05, 0) is 31.4 Å². The maximum atomic E-state index is 5.40.